The second-order valence-corrected chi connectivity index (χ2v) is 5.67. The zero-order valence-electron chi connectivity index (χ0n) is 11.6. The number of carboxylic acids is 1. The molecule has 3 N–H and O–H groups in total. The Balaban J connectivity index is 1.69. The van der Waals surface area contributed by atoms with E-state index in [4.69, 9.17) is 5.11 Å². The number of aromatic amines is 1. The van der Waals surface area contributed by atoms with Gasteiger partial charge in [-0.2, -0.15) is 0 Å². The van der Waals surface area contributed by atoms with Crippen molar-refractivity contribution in [3.63, 3.8) is 0 Å². The predicted octanol–water partition coefficient (Wildman–Crippen LogP) is 3.00. The lowest BCUT2D eigenvalue weighted by Crippen LogP contribution is -2.30. The number of rotatable bonds is 3. The maximum absolute atomic E-state index is 12.3. The van der Waals surface area contributed by atoms with Crippen LogP contribution in [-0.2, 0) is 9.59 Å². The molecule has 0 radical (unpaired) electrons. The Labute approximate surface area is 122 Å². The third-order valence-electron chi connectivity index (χ3n) is 4.22. The molecule has 0 bridgehead atoms. The molecule has 21 heavy (non-hydrogen) atoms. The molecule has 2 unspecified atom stereocenters. The summed E-state index contributed by atoms with van der Waals surface area (Å²) in [5.41, 5.74) is 1.78. The van der Waals surface area contributed by atoms with Gasteiger partial charge in [-0.25, -0.2) is 0 Å². The van der Waals surface area contributed by atoms with E-state index in [0.29, 0.717) is 12.8 Å². The topological polar surface area (TPSA) is 82.2 Å². The maximum Gasteiger partial charge on any atom is 0.306 e. The molecule has 5 heteroatoms. The van der Waals surface area contributed by atoms with Gasteiger partial charge in [0.15, 0.2) is 0 Å². The van der Waals surface area contributed by atoms with Crippen LogP contribution in [0.1, 0.15) is 25.7 Å². The van der Waals surface area contributed by atoms with E-state index in [2.05, 4.69) is 10.3 Å². The summed E-state index contributed by atoms with van der Waals surface area (Å²) in [6.07, 6.45) is 4.53. The van der Waals surface area contributed by atoms with Crippen molar-refractivity contribution in [1.29, 1.82) is 0 Å². The first-order valence-electron chi connectivity index (χ1n) is 7.24. The molecule has 2 atom stereocenters. The molecule has 1 amide bonds. The van der Waals surface area contributed by atoms with Crippen LogP contribution in [0.2, 0.25) is 0 Å². The number of aromatic nitrogens is 1. The molecule has 3 rings (SSSR count). The van der Waals surface area contributed by atoms with Crippen molar-refractivity contribution in [2.24, 2.45) is 11.8 Å². The number of hydrogen-bond donors (Lipinski definition) is 3. The van der Waals surface area contributed by atoms with Crippen LogP contribution in [0.5, 0.6) is 0 Å². The monoisotopic (exact) mass is 286 g/mol. The summed E-state index contributed by atoms with van der Waals surface area (Å²) in [5, 5.41) is 13.0. The van der Waals surface area contributed by atoms with Gasteiger partial charge >= 0.3 is 5.97 Å². The smallest absolute Gasteiger partial charge is 0.306 e. The summed E-state index contributed by atoms with van der Waals surface area (Å²) in [6, 6.07) is 7.65. The second kappa shape index (κ2) is 5.60. The summed E-state index contributed by atoms with van der Waals surface area (Å²) in [5.74, 6) is -1.46. The Morgan fingerprint density at radius 2 is 2.00 bits per heavy atom. The molecule has 0 spiro atoms. The molecular weight excluding hydrogens is 268 g/mol. The molecule has 0 saturated heterocycles. The average molecular weight is 286 g/mol. The standard InChI is InChI=1S/C16H18N2O3/c19-15(11-2-1-3-12(8-11)16(20)21)18-13-4-5-14-10(9-13)6-7-17-14/h4-7,9,11-12,17H,1-3,8H2,(H,18,19)(H,20,21). The normalized spacial score (nSPS) is 22.1. The lowest BCUT2D eigenvalue weighted by Gasteiger charge is -2.25. The number of carbonyl (C=O) groups excluding carboxylic acids is 1. The lowest BCUT2D eigenvalue weighted by atomic mass is 9.81. The Bertz CT molecular complexity index is 677. The number of amides is 1. The quantitative estimate of drug-likeness (QED) is 0.811. The summed E-state index contributed by atoms with van der Waals surface area (Å²) < 4.78 is 0. The Morgan fingerprint density at radius 3 is 2.81 bits per heavy atom. The van der Waals surface area contributed by atoms with Crippen LogP contribution in [0.25, 0.3) is 10.9 Å². The van der Waals surface area contributed by atoms with Crippen molar-refractivity contribution in [1.82, 2.24) is 4.98 Å². The van der Waals surface area contributed by atoms with E-state index in [0.717, 1.165) is 29.4 Å². The van der Waals surface area contributed by atoms with Crippen LogP contribution in [0.15, 0.2) is 30.5 Å². The molecule has 2 aromatic rings. The Morgan fingerprint density at radius 1 is 1.19 bits per heavy atom. The van der Waals surface area contributed by atoms with E-state index >= 15 is 0 Å². The molecule has 110 valence electrons. The molecule has 1 saturated carbocycles. The molecule has 1 aromatic carbocycles. The van der Waals surface area contributed by atoms with Gasteiger partial charge in [0.1, 0.15) is 0 Å². The number of fused-ring (bicyclic) bond motifs is 1. The van der Waals surface area contributed by atoms with Gasteiger partial charge in [0.2, 0.25) is 5.91 Å². The first-order chi connectivity index (χ1) is 10.1. The SMILES string of the molecule is O=C(O)C1CCCC(C(=O)Nc2ccc3[nH]ccc3c2)C1. The van der Waals surface area contributed by atoms with Gasteiger partial charge < -0.3 is 15.4 Å². The van der Waals surface area contributed by atoms with E-state index in [9.17, 15) is 9.59 Å². The number of H-pyrrole nitrogens is 1. The van der Waals surface area contributed by atoms with E-state index in [-0.39, 0.29) is 17.7 Å². The van der Waals surface area contributed by atoms with Gasteiger partial charge in [0.25, 0.3) is 0 Å². The average Bonchev–Trinajstić information content (AvgIpc) is 2.95. The minimum atomic E-state index is -0.791. The fourth-order valence-electron chi connectivity index (χ4n) is 3.03. The van der Waals surface area contributed by atoms with E-state index in [1.165, 1.54) is 0 Å². The Kier molecular flexibility index (Phi) is 3.64. The molecule has 1 aromatic heterocycles. The highest BCUT2D eigenvalue weighted by molar-refractivity contribution is 5.95. The van der Waals surface area contributed by atoms with Gasteiger partial charge in [-0.3, -0.25) is 9.59 Å². The van der Waals surface area contributed by atoms with Crippen LogP contribution in [0.3, 0.4) is 0 Å². The van der Waals surface area contributed by atoms with E-state index < -0.39 is 5.97 Å². The first kappa shape index (κ1) is 13.7. The van der Waals surface area contributed by atoms with Crippen LogP contribution in [-0.4, -0.2) is 22.0 Å². The van der Waals surface area contributed by atoms with Crippen LogP contribution >= 0.6 is 0 Å². The third kappa shape index (κ3) is 2.91. The minimum Gasteiger partial charge on any atom is -0.481 e. The van der Waals surface area contributed by atoms with E-state index in [1.807, 2.05) is 30.5 Å². The largest absolute Gasteiger partial charge is 0.481 e. The van der Waals surface area contributed by atoms with Gasteiger partial charge in [-0.05, 0) is 43.5 Å². The molecular formula is C16H18N2O3. The van der Waals surface area contributed by atoms with Gasteiger partial charge in [-0.1, -0.05) is 6.42 Å². The third-order valence-corrected chi connectivity index (χ3v) is 4.22. The van der Waals surface area contributed by atoms with Crippen molar-refractivity contribution >= 4 is 28.5 Å². The zero-order valence-corrected chi connectivity index (χ0v) is 11.6. The van der Waals surface area contributed by atoms with E-state index in [1.54, 1.807) is 0 Å². The molecule has 1 aliphatic rings. The number of carboxylic acid groups (broad SMARTS) is 1. The first-order valence-corrected chi connectivity index (χ1v) is 7.24. The number of hydrogen-bond acceptors (Lipinski definition) is 2. The highest BCUT2D eigenvalue weighted by atomic mass is 16.4. The summed E-state index contributed by atoms with van der Waals surface area (Å²) >= 11 is 0. The summed E-state index contributed by atoms with van der Waals surface area (Å²) in [4.78, 5) is 26.5. The number of aliphatic carboxylic acids is 1. The van der Waals surface area contributed by atoms with Gasteiger partial charge in [0.05, 0.1) is 5.92 Å². The van der Waals surface area contributed by atoms with Gasteiger partial charge in [-0.15, -0.1) is 0 Å². The van der Waals surface area contributed by atoms with Gasteiger partial charge in [0, 0.05) is 28.7 Å². The fraction of sp³-hybridized carbons (Fsp3) is 0.375. The Hall–Kier alpha value is -2.30. The van der Waals surface area contributed by atoms with Crippen molar-refractivity contribution in [2.75, 3.05) is 5.32 Å². The molecule has 5 nitrogen and oxygen atoms in total. The molecule has 0 aliphatic heterocycles. The molecule has 1 aliphatic carbocycles. The highest BCUT2D eigenvalue weighted by Gasteiger charge is 2.30. The number of benzene rings is 1. The zero-order chi connectivity index (χ0) is 14.8. The lowest BCUT2D eigenvalue weighted by molar-refractivity contribution is -0.143. The summed E-state index contributed by atoms with van der Waals surface area (Å²) in [6.45, 7) is 0. The second-order valence-electron chi connectivity index (χ2n) is 5.67. The number of nitrogens with one attached hydrogen (secondary N) is 2. The van der Waals surface area contributed by atoms with Crippen molar-refractivity contribution in [2.45, 2.75) is 25.7 Å². The highest BCUT2D eigenvalue weighted by Crippen LogP contribution is 2.30. The molecule has 1 fully saturated rings. The van der Waals surface area contributed by atoms with Crippen LogP contribution in [0.4, 0.5) is 5.69 Å². The fourth-order valence-corrected chi connectivity index (χ4v) is 3.03. The predicted molar refractivity (Wildman–Crippen MR) is 80.0 cm³/mol. The van der Waals surface area contributed by atoms with Crippen molar-refractivity contribution < 1.29 is 14.7 Å². The number of anilines is 1. The van der Waals surface area contributed by atoms with Crippen molar-refractivity contribution in [3.05, 3.63) is 30.5 Å². The summed E-state index contributed by atoms with van der Waals surface area (Å²) in [7, 11) is 0. The number of carbonyl (C=O) groups is 2. The maximum atomic E-state index is 12.3. The van der Waals surface area contributed by atoms with Crippen molar-refractivity contribution in [3.8, 4) is 0 Å². The van der Waals surface area contributed by atoms with Crippen LogP contribution < -0.4 is 5.32 Å². The van der Waals surface area contributed by atoms with Crippen LogP contribution in [0, 0.1) is 11.8 Å². The minimum absolute atomic E-state index is 0.0733. The molecule has 1 heterocycles.